The van der Waals surface area contributed by atoms with Crippen molar-refractivity contribution < 1.29 is 9.53 Å². The van der Waals surface area contributed by atoms with Crippen molar-refractivity contribution >= 4 is 29.2 Å². The second-order valence-corrected chi connectivity index (χ2v) is 8.92. The van der Waals surface area contributed by atoms with E-state index in [2.05, 4.69) is 29.3 Å². The van der Waals surface area contributed by atoms with Crippen molar-refractivity contribution in [2.45, 2.75) is 25.8 Å². The molecule has 0 bridgehead atoms. The Balaban J connectivity index is 0.00000361. The topological polar surface area (TPSA) is 54.5 Å². The maximum Gasteiger partial charge on any atom is 0.225 e. The number of para-hydroxylation sites is 1. The van der Waals surface area contributed by atoms with Gasteiger partial charge >= 0.3 is 0 Å². The zero-order valence-electron chi connectivity index (χ0n) is 21.1. The summed E-state index contributed by atoms with van der Waals surface area (Å²) in [6.07, 6.45) is 1.03. The van der Waals surface area contributed by atoms with Gasteiger partial charge in [0.25, 0.3) is 0 Å². The zero-order chi connectivity index (χ0) is 24.6. The van der Waals surface area contributed by atoms with E-state index < -0.39 is 0 Å². The molecule has 0 unspecified atom stereocenters. The molecule has 1 aromatic heterocycles. The van der Waals surface area contributed by atoms with E-state index in [0.717, 1.165) is 46.3 Å². The Kier molecular flexibility index (Phi) is 9.86. The van der Waals surface area contributed by atoms with Crippen LogP contribution in [0.2, 0.25) is 0 Å². The summed E-state index contributed by atoms with van der Waals surface area (Å²) >= 11 is 0. The minimum atomic E-state index is -0.0384. The van der Waals surface area contributed by atoms with Gasteiger partial charge in [-0.1, -0.05) is 85.8 Å². The summed E-state index contributed by atoms with van der Waals surface area (Å²) in [5, 5.41) is 4.17. The van der Waals surface area contributed by atoms with Crippen LogP contribution in [0, 0.1) is 0 Å². The summed E-state index contributed by atoms with van der Waals surface area (Å²) in [7, 11) is 4.03. The summed E-state index contributed by atoms with van der Waals surface area (Å²) in [4.78, 5) is 20.4. The summed E-state index contributed by atoms with van der Waals surface area (Å²) in [6, 6.07) is 28.1. The van der Waals surface area contributed by atoms with Crippen LogP contribution in [0.1, 0.15) is 30.5 Å². The third kappa shape index (κ3) is 6.62. The Morgan fingerprint density at radius 1 is 0.944 bits per heavy atom. The first-order valence-electron chi connectivity index (χ1n) is 12.2. The van der Waals surface area contributed by atoms with Crippen molar-refractivity contribution in [3.05, 3.63) is 96.1 Å². The highest BCUT2D eigenvalue weighted by molar-refractivity contribution is 5.93. The Bertz CT molecular complexity index is 1260. The molecule has 0 fully saturated rings. The number of carbonyl (C=O) groups is 1. The predicted octanol–water partition coefficient (Wildman–Crippen LogP) is 6.07. The van der Waals surface area contributed by atoms with Gasteiger partial charge < -0.3 is 15.0 Å². The van der Waals surface area contributed by atoms with E-state index in [4.69, 9.17) is 9.72 Å². The Hall–Kier alpha value is -3.41. The number of fused-ring (bicyclic) bond motifs is 1. The largest absolute Gasteiger partial charge is 0.490 e. The maximum atomic E-state index is 13.4. The number of nitrogens with one attached hydrogen (secondary N) is 1. The first kappa shape index (κ1) is 27.2. The second-order valence-electron chi connectivity index (χ2n) is 8.92. The van der Waals surface area contributed by atoms with E-state index in [1.54, 1.807) is 0 Å². The van der Waals surface area contributed by atoms with Crippen LogP contribution in [0.3, 0.4) is 0 Å². The maximum absolute atomic E-state index is 13.4. The monoisotopic (exact) mass is 503 g/mol. The number of benzene rings is 3. The van der Waals surface area contributed by atoms with Crippen molar-refractivity contribution in [3.8, 4) is 17.0 Å². The molecule has 3 aromatic carbocycles. The molecule has 0 aliphatic rings. The predicted molar refractivity (Wildman–Crippen MR) is 150 cm³/mol. The molecule has 0 saturated carbocycles. The van der Waals surface area contributed by atoms with E-state index in [0.29, 0.717) is 12.4 Å². The molecule has 0 aliphatic carbocycles. The number of ether oxygens (including phenoxy) is 1. The van der Waals surface area contributed by atoms with Gasteiger partial charge in [0, 0.05) is 23.1 Å². The van der Waals surface area contributed by atoms with Gasteiger partial charge in [0.15, 0.2) is 0 Å². The summed E-state index contributed by atoms with van der Waals surface area (Å²) in [5.41, 5.74) is 4.56. The van der Waals surface area contributed by atoms with Crippen LogP contribution in [0.5, 0.6) is 5.75 Å². The van der Waals surface area contributed by atoms with Crippen LogP contribution in [0.15, 0.2) is 84.9 Å². The molecule has 1 amide bonds. The number of carbonyl (C=O) groups excluding carboxylic acids is 1. The van der Waals surface area contributed by atoms with E-state index in [-0.39, 0.29) is 30.8 Å². The lowest BCUT2D eigenvalue weighted by Gasteiger charge is -2.21. The van der Waals surface area contributed by atoms with Crippen molar-refractivity contribution in [3.63, 3.8) is 0 Å². The first-order valence-corrected chi connectivity index (χ1v) is 12.2. The van der Waals surface area contributed by atoms with Gasteiger partial charge in [-0.3, -0.25) is 4.79 Å². The molecule has 1 N–H and O–H groups in total. The van der Waals surface area contributed by atoms with Crippen molar-refractivity contribution in [2.75, 3.05) is 27.2 Å². The fraction of sp³-hybridized carbons (Fsp3) is 0.267. The molecule has 0 saturated heterocycles. The van der Waals surface area contributed by atoms with E-state index in [1.165, 1.54) is 0 Å². The Morgan fingerprint density at radius 2 is 1.58 bits per heavy atom. The number of aromatic nitrogens is 1. The highest BCUT2D eigenvalue weighted by Crippen LogP contribution is 2.37. The van der Waals surface area contributed by atoms with Crippen molar-refractivity contribution in [2.24, 2.45) is 0 Å². The lowest BCUT2D eigenvalue weighted by molar-refractivity contribution is -0.121. The molecule has 0 radical (unpaired) electrons. The van der Waals surface area contributed by atoms with Gasteiger partial charge in [-0.2, -0.15) is 0 Å². The van der Waals surface area contributed by atoms with Gasteiger partial charge in [0.2, 0.25) is 5.91 Å². The van der Waals surface area contributed by atoms with Crippen molar-refractivity contribution in [1.82, 2.24) is 15.2 Å². The zero-order valence-corrected chi connectivity index (χ0v) is 21.9. The molecule has 4 rings (SSSR count). The molecule has 1 atom stereocenters. The number of nitrogens with zero attached hydrogens (tertiary/aromatic N) is 2. The standard InChI is InChI=1S/C30H33N3O2.ClH/c1-4-26(22-13-7-5-8-14-22)31-28(34)21-25-24-17-11-12-18-27(24)32-29(23-15-9-6-10-16-23)30(25)35-20-19-33(2)3;/h5-18,26H,4,19-21H2,1-3H3,(H,31,34);1H/t26-;/m0./s1. The third-order valence-corrected chi connectivity index (χ3v) is 6.07. The number of hydrogen-bond acceptors (Lipinski definition) is 4. The number of likely N-dealkylation sites (N-methyl/N-ethyl adjacent to an activating group) is 1. The minimum Gasteiger partial charge on any atom is -0.490 e. The molecule has 5 nitrogen and oxygen atoms in total. The second kappa shape index (κ2) is 13.1. The van der Waals surface area contributed by atoms with Crippen LogP contribution in [0.4, 0.5) is 0 Å². The molecular weight excluding hydrogens is 470 g/mol. The molecule has 0 aliphatic heterocycles. The average Bonchev–Trinajstić information content (AvgIpc) is 2.89. The van der Waals surface area contributed by atoms with Gasteiger partial charge in [-0.25, -0.2) is 4.98 Å². The SMILES string of the molecule is CC[C@H](NC(=O)Cc1c(OCCN(C)C)c(-c2ccccc2)nc2ccccc12)c1ccccc1.Cl. The lowest BCUT2D eigenvalue weighted by Crippen LogP contribution is -2.30. The average molecular weight is 504 g/mol. The lowest BCUT2D eigenvalue weighted by atomic mass is 9.99. The third-order valence-electron chi connectivity index (χ3n) is 6.07. The van der Waals surface area contributed by atoms with E-state index >= 15 is 0 Å². The van der Waals surface area contributed by atoms with Crippen LogP contribution >= 0.6 is 12.4 Å². The molecule has 1 heterocycles. The fourth-order valence-electron chi connectivity index (χ4n) is 4.23. The normalized spacial score (nSPS) is 11.7. The number of pyridine rings is 1. The van der Waals surface area contributed by atoms with Gasteiger partial charge in [-0.05, 0) is 32.1 Å². The van der Waals surface area contributed by atoms with Crippen LogP contribution in [-0.2, 0) is 11.2 Å². The molecule has 188 valence electrons. The minimum absolute atomic E-state index is 0. The van der Waals surface area contributed by atoms with Crippen molar-refractivity contribution in [1.29, 1.82) is 0 Å². The van der Waals surface area contributed by atoms with Crippen LogP contribution < -0.4 is 10.1 Å². The summed E-state index contributed by atoms with van der Waals surface area (Å²) in [6.45, 7) is 3.35. The number of halogens is 1. The molecule has 36 heavy (non-hydrogen) atoms. The highest BCUT2D eigenvalue weighted by atomic mass is 35.5. The quantitative estimate of drug-likeness (QED) is 0.285. The van der Waals surface area contributed by atoms with E-state index in [9.17, 15) is 4.79 Å². The highest BCUT2D eigenvalue weighted by Gasteiger charge is 2.21. The molecule has 4 aromatic rings. The number of hydrogen-bond donors (Lipinski definition) is 1. The smallest absolute Gasteiger partial charge is 0.225 e. The first-order chi connectivity index (χ1) is 17.1. The van der Waals surface area contributed by atoms with Gasteiger partial charge in [-0.15, -0.1) is 12.4 Å². The Morgan fingerprint density at radius 3 is 2.25 bits per heavy atom. The molecule has 0 spiro atoms. The van der Waals surface area contributed by atoms with Crippen LogP contribution in [-0.4, -0.2) is 43.0 Å². The summed E-state index contributed by atoms with van der Waals surface area (Å²) in [5.74, 6) is 0.646. The van der Waals surface area contributed by atoms with Gasteiger partial charge in [0.1, 0.15) is 18.1 Å². The fourth-order valence-corrected chi connectivity index (χ4v) is 4.23. The number of amides is 1. The van der Waals surface area contributed by atoms with E-state index in [1.807, 2.05) is 86.9 Å². The molecular formula is C30H34ClN3O2. The molecule has 6 heteroatoms. The van der Waals surface area contributed by atoms with Gasteiger partial charge in [0.05, 0.1) is 18.0 Å². The Labute approximate surface area is 219 Å². The summed E-state index contributed by atoms with van der Waals surface area (Å²) < 4.78 is 6.37. The van der Waals surface area contributed by atoms with Crippen LogP contribution in [0.25, 0.3) is 22.2 Å². The number of rotatable bonds is 10.